The molecule has 0 unspecified atom stereocenters. The molecule has 17 heavy (non-hydrogen) atoms. The van der Waals surface area contributed by atoms with E-state index in [9.17, 15) is 0 Å². The Labute approximate surface area is 111 Å². The fourth-order valence-corrected chi connectivity index (χ4v) is 3.02. The van der Waals surface area contributed by atoms with Gasteiger partial charge in [0.05, 0.1) is 10.4 Å². The average Bonchev–Trinajstić information content (AvgIpc) is 2.73. The van der Waals surface area contributed by atoms with Crippen LogP contribution in [0.1, 0.15) is 0 Å². The molecule has 3 heterocycles. The Morgan fingerprint density at radius 2 is 2.00 bits per heavy atom. The second-order valence-corrected chi connectivity index (χ2v) is 4.94. The van der Waals surface area contributed by atoms with Crippen molar-refractivity contribution in [3.8, 4) is 11.5 Å². The monoisotopic (exact) mass is 281 g/mol. The van der Waals surface area contributed by atoms with Gasteiger partial charge in [-0.3, -0.25) is 4.98 Å². The van der Waals surface area contributed by atoms with Gasteiger partial charge in [0.15, 0.2) is 5.82 Å². The van der Waals surface area contributed by atoms with Gasteiger partial charge in [-0.05, 0) is 12.1 Å². The van der Waals surface area contributed by atoms with E-state index in [1.54, 1.807) is 11.6 Å². The highest BCUT2D eigenvalue weighted by atomic mass is 35.5. The predicted octanol–water partition coefficient (Wildman–Crippen LogP) is 4.06. The standard InChI is InChI=1S/C11H5Cl2N3S/c12-6-5-17-11-8(6)9(13)15-10(16-11)7-3-1-2-4-14-7/h1-5H. The second kappa shape index (κ2) is 4.22. The lowest BCUT2D eigenvalue weighted by Gasteiger charge is -2.00. The number of aromatic nitrogens is 3. The molecule has 0 aliphatic heterocycles. The molecule has 0 aliphatic rings. The van der Waals surface area contributed by atoms with E-state index >= 15 is 0 Å². The smallest absolute Gasteiger partial charge is 0.180 e. The Hall–Kier alpha value is -1.23. The van der Waals surface area contributed by atoms with Crippen molar-refractivity contribution in [1.82, 2.24) is 15.0 Å². The number of rotatable bonds is 1. The van der Waals surface area contributed by atoms with Gasteiger partial charge in [0, 0.05) is 11.6 Å². The molecule has 0 aromatic carbocycles. The first-order valence-electron chi connectivity index (χ1n) is 4.77. The number of thiophene rings is 1. The molecule has 3 nitrogen and oxygen atoms in total. The molecule has 0 bridgehead atoms. The SMILES string of the molecule is Clc1csc2nc(-c3ccccn3)nc(Cl)c12. The lowest BCUT2D eigenvalue weighted by atomic mass is 10.3. The van der Waals surface area contributed by atoms with Gasteiger partial charge in [-0.25, -0.2) is 9.97 Å². The third kappa shape index (κ3) is 1.88. The van der Waals surface area contributed by atoms with Crippen molar-refractivity contribution in [2.75, 3.05) is 0 Å². The highest BCUT2D eigenvalue weighted by Crippen LogP contribution is 2.34. The van der Waals surface area contributed by atoms with Crippen molar-refractivity contribution in [3.05, 3.63) is 40.0 Å². The molecule has 3 aromatic rings. The van der Waals surface area contributed by atoms with E-state index in [-0.39, 0.29) is 0 Å². The van der Waals surface area contributed by atoms with Crippen molar-refractivity contribution in [2.45, 2.75) is 0 Å². The van der Waals surface area contributed by atoms with Crippen LogP contribution in [0.15, 0.2) is 29.8 Å². The van der Waals surface area contributed by atoms with Gasteiger partial charge in [-0.2, -0.15) is 0 Å². The largest absolute Gasteiger partial charge is 0.253 e. The maximum Gasteiger partial charge on any atom is 0.180 e. The zero-order valence-corrected chi connectivity index (χ0v) is 10.7. The highest BCUT2D eigenvalue weighted by molar-refractivity contribution is 7.17. The normalized spacial score (nSPS) is 10.9. The van der Waals surface area contributed by atoms with Crippen LogP contribution in [0.25, 0.3) is 21.7 Å². The summed E-state index contributed by atoms with van der Waals surface area (Å²) in [5.41, 5.74) is 0.695. The molecule has 0 aliphatic carbocycles. The molecule has 6 heteroatoms. The van der Waals surface area contributed by atoms with E-state index in [2.05, 4.69) is 15.0 Å². The molecule has 0 radical (unpaired) electrons. The van der Waals surface area contributed by atoms with Crippen LogP contribution in [0.3, 0.4) is 0 Å². The van der Waals surface area contributed by atoms with E-state index < -0.39 is 0 Å². The summed E-state index contributed by atoms with van der Waals surface area (Å²) in [5, 5.41) is 3.46. The Morgan fingerprint density at radius 3 is 2.76 bits per heavy atom. The minimum absolute atomic E-state index is 0.363. The summed E-state index contributed by atoms with van der Waals surface area (Å²) in [5.74, 6) is 0.515. The molecule has 0 saturated heterocycles. The summed E-state index contributed by atoms with van der Waals surface area (Å²) in [6.07, 6.45) is 1.69. The van der Waals surface area contributed by atoms with E-state index in [1.165, 1.54) is 11.3 Å². The average molecular weight is 282 g/mol. The fraction of sp³-hybridized carbons (Fsp3) is 0. The molecule has 0 N–H and O–H groups in total. The third-order valence-electron chi connectivity index (χ3n) is 2.24. The van der Waals surface area contributed by atoms with Crippen LogP contribution in [-0.2, 0) is 0 Å². The van der Waals surface area contributed by atoms with Crippen LogP contribution in [0.5, 0.6) is 0 Å². The summed E-state index contributed by atoms with van der Waals surface area (Å²) in [6.45, 7) is 0. The number of fused-ring (bicyclic) bond motifs is 1. The van der Waals surface area contributed by atoms with E-state index in [4.69, 9.17) is 23.2 Å². The molecule has 0 fully saturated rings. The fourth-order valence-electron chi connectivity index (χ4n) is 1.48. The number of hydrogen-bond acceptors (Lipinski definition) is 4. The van der Waals surface area contributed by atoms with Crippen molar-refractivity contribution in [1.29, 1.82) is 0 Å². The number of hydrogen-bond donors (Lipinski definition) is 0. The summed E-state index contributed by atoms with van der Waals surface area (Å²) < 4.78 is 0. The zero-order chi connectivity index (χ0) is 11.8. The number of nitrogens with zero attached hydrogens (tertiary/aromatic N) is 3. The minimum Gasteiger partial charge on any atom is -0.253 e. The van der Waals surface area contributed by atoms with Crippen LogP contribution in [0.2, 0.25) is 10.2 Å². The second-order valence-electron chi connectivity index (χ2n) is 3.32. The van der Waals surface area contributed by atoms with Crippen molar-refractivity contribution < 1.29 is 0 Å². The predicted molar refractivity (Wildman–Crippen MR) is 70.7 cm³/mol. The Morgan fingerprint density at radius 1 is 1.12 bits per heavy atom. The van der Waals surface area contributed by atoms with Gasteiger partial charge < -0.3 is 0 Å². The maximum atomic E-state index is 6.10. The zero-order valence-electron chi connectivity index (χ0n) is 8.39. The Balaban J connectivity index is 2.26. The molecule has 0 spiro atoms. The van der Waals surface area contributed by atoms with Gasteiger partial charge in [-0.15, -0.1) is 11.3 Å². The summed E-state index contributed by atoms with van der Waals surface area (Å²) in [4.78, 5) is 13.6. The maximum absolute atomic E-state index is 6.10. The number of pyridine rings is 1. The first-order chi connectivity index (χ1) is 8.25. The van der Waals surface area contributed by atoms with Crippen LogP contribution in [-0.4, -0.2) is 15.0 Å². The van der Waals surface area contributed by atoms with E-state index in [0.29, 0.717) is 27.1 Å². The van der Waals surface area contributed by atoms with Crippen molar-refractivity contribution in [3.63, 3.8) is 0 Å². The Kier molecular flexibility index (Phi) is 2.70. The lowest BCUT2D eigenvalue weighted by molar-refractivity contribution is 1.18. The molecule has 0 saturated carbocycles. The minimum atomic E-state index is 0.363. The van der Waals surface area contributed by atoms with Gasteiger partial charge in [0.25, 0.3) is 0 Å². The molecular weight excluding hydrogens is 277 g/mol. The van der Waals surface area contributed by atoms with Crippen LogP contribution >= 0.6 is 34.5 Å². The first kappa shape index (κ1) is 10.9. The van der Waals surface area contributed by atoms with Crippen LogP contribution in [0, 0.1) is 0 Å². The van der Waals surface area contributed by atoms with Gasteiger partial charge >= 0.3 is 0 Å². The summed E-state index contributed by atoms with van der Waals surface area (Å²) >= 11 is 13.6. The van der Waals surface area contributed by atoms with Crippen molar-refractivity contribution in [2.24, 2.45) is 0 Å². The lowest BCUT2D eigenvalue weighted by Crippen LogP contribution is -1.91. The Bertz CT molecular complexity index is 682. The highest BCUT2D eigenvalue weighted by Gasteiger charge is 2.12. The summed E-state index contributed by atoms with van der Waals surface area (Å²) in [7, 11) is 0. The molecule has 84 valence electrons. The van der Waals surface area contributed by atoms with Gasteiger partial charge in [0.2, 0.25) is 0 Å². The summed E-state index contributed by atoms with van der Waals surface area (Å²) in [6, 6.07) is 5.56. The van der Waals surface area contributed by atoms with E-state index in [1.807, 2.05) is 18.2 Å². The molecule has 3 aromatic heterocycles. The van der Waals surface area contributed by atoms with Crippen LogP contribution in [0.4, 0.5) is 0 Å². The van der Waals surface area contributed by atoms with Crippen LogP contribution < -0.4 is 0 Å². The number of halogens is 2. The topological polar surface area (TPSA) is 38.7 Å². The third-order valence-corrected chi connectivity index (χ3v) is 3.81. The molecule has 0 atom stereocenters. The van der Waals surface area contributed by atoms with Crippen molar-refractivity contribution >= 4 is 44.8 Å². The van der Waals surface area contributed by atoms with Gasteiger partial charge in [0.1, 0.15) is 15.7 Å². The first-order valence-corrected chi connectivity index (χ1v) is 6.41. The molecular formula is C11H5Cl2N3S. The quantitative estimate of drug-likeness (QED) is 0.632. The molecule has 3 rings (SSSR count). The van der Waals surface area contributed by atoms with Gasteiger partial charge in [-0.1, -0.05) is 29.3 Å². The molecule has 0 amide bonds. The van der Waals surface area contributed by atoms with E-state index in [0.717, 1.165) is 4.83 Å².